The molecule has 1 aliphatic rings. The van der Waals surface area contributed by atoms with E-state index in [4.69, 9.17) is 9.15 Å². The molecule has 33 heavy (non-hydrogen) atoms. The predicted octanol–water partition coefficient (Wildman–Crippen LogP) is 5.30. The van der Waals surface area contributed by atoms with E-state index in [-0.39, 0.29) is 28.9 Å². The molecule has 0 aliphatic carbocycles. The number of benzene rings is 3. The van der Waals surface area contributed by atoms with Gasteiger partial charge in [-0.25, -0.2) is 4.39 Å². The van der Waals surface area contributed by atoms with Crippen molar-refractivity contribution in [3.63, 3.8) is 0 Å². The molecular formula is C27H22FNO4. The van der Waals surface area contributed by atoms with E-state index in [1.807, 2.05) is 26.0 Å². The van der Waals surface area contributed by atoms with Crippen molar-refractivity contribution < 1.29 is 18.3 Å². The molecule has 0 saturated carbocycles. The average molecular weight is 443 g/mol. The van der Waals surface area contributed by atoms with E-state index in [1.54, 1.807) is 49.6 Å². The lowest BCUT2D eigenvalue weighted by molar-refractivity contribution is 0.0712. The zero-order valence-corrected chi connectivity index (χ0v) is 18.5. The highest BCUT2D eigenvalue weighted by Gasteiger charge is 2.43. The highest BCUT2D eigenvalue weighted by Crippen LogP contribution is 2.40. The fourth-order valence-electron chi connectivity index (χ4n) is 4.39. The monoisotopic (exact) mass is 443 g/mol. The molecule has 1 atom stereocenters. The molecule has 166 valence electrons. The molecule has 0 fully saturated rings. The quantitative estimate of drug-likeness (QED) is 0.429. The summed E-state index contributed by atoms with van der Waals surface area (Å²) in [7, 11) is 1.58. The smallest absolute Gasteiger partial charge is 0.291 e. The molecule has 0 bridgehead atoms. The fourth-order valence-corrected chi connectivity index (χ4v) is 4.39. The van der Waals surface area contributed by atoms with Crippen LogP contribution >= 0.6 is 0 Å². The van der Waals surface area contributed by atoms with Gasteiger partial charge in [0.05, 0.1) is 24.1 Å². The molecule has 0 N–H and O–H groups in total. The van der Waals surface area contributed by atoms with Crippen LogP contribution in [0.5, 0.6) is 5.75 Å². The third-order valence-corrected chi connectivity index (χ3v) is 6.29. The van der Waals surface area contributed by atoms with Crippen LogP contribution in [-0.4, -0.2) is 17.9 Å². The number of hydrogen-bond acceptors (Lipinski definition) is 4. The molecule has 0 unspecified atom stereocenters. The van der Waals surface area contributed by atoms with Crippen molar-refractivity contribution in [2.45, 2.75) is 26.4 Å². The van der Waals surface area contributed by atoms with Gasteiger partial charge in [0.15, 0.2) is 5.43 Å². The molecule has 4 aromatic rings. The van der Waals surface area contributed by atoms with Crippen molar-refractivity contribution in [1.29, 1.82) is 0 Å². The van der Waals surface area contributed by atoms with Gasteiger partial charge in [-0.3, -0.25) is 9.59 Å². The number of halogens is 1. The minimum absolute atomic E-state index is 0.0301. The zero-order valence-electron chi connectivity index (χ0n) is 18.5. The summed E-state index contributed by atoms with van der Waals surface area (Å²) < 4.78 is 26.2. The minimum Gasteiger partial charge on any atom is -0.497 e. The molecule has 2 heterocycles. The second-order valence-electron chi connectivity index (χ2n) is 8.31. The Hall–Kier alpha value is -3.93. The Morgan fingerprint density at radius 3 is 2.39 bits per heavy atom. The lowest BCUT2D eigenvalue weighted by Crippen LogP contribution is -2.29. The van der Waals surface area contributed by atoms with Crippen LogP contribution in [0, 0.1) is 19.7 Å². The first kappa shape index (κ1) is 20.9. The molecule has 0 saturated heterocycles. The van der Waals surface area contributed by atoms with Gasteiger partial charge in [0.1, 0.15) is 17.1 Å². The van der Waals surface area contributed by atoms with Crippen molar-refractivity contribution in [3.05, 3.63) is 110 Å². The van der Waals surface area contributed by atoms with E-state index in [0.717, 1.165) is 16.7 Å². The number of fused-ring (bicyclic) bond motifs is 2. The molecule has 3 aromatic carbocycles. The van der Waals surface area contributed by atoms with Crippen LogP contribution in [-0.2, 0) is 6.54 Å². The van der Waals surface area contributed by atoms with Crippen molar-refractivity contribution >= 4 is 16.9 Å². The number of ether oxygens (including phenoxy) is 1. The third-order valence-electron chi connectivity index (χ3n) is 6.29. The fraction of sp³-hybridized carbons (Fsp3) is 0.185. The first-order valence-electron chi connectivity index (χ1n) is 10.7. The molecule has 1 amide bonds. The standard InChI is InChI=1S/C27H22FNO4/c1-15-12-20-22(13-16(15)2)33-26-23(25(20)30)24(19-6-4-5-7-21(19)28)29(27(26)31)14-17-8-10-18(32-3)11-9-17/h4-13,24H,14H2,1-3H3/t24-/m0/s1. The molecule has 1 aliphatic heterocycles. The van der Waals surface area contributed by atoms with Gasteiger partial charge in [0, 0.05) is 12.1 Å². The number of nitrogens with zero attached hydrogens (tertiary/aromatic N) is 1. The van der Waals surface area contributed by atoms with Gasteiger partial charge in [0.25, 0.3) is 5.91 Å². The second kappa shape index (κ2) is 7.89. The average Bonchev–Trinajstić information content (AvgIpc) is 3.08. The third kappa shape index (κ3) is 3.39. The molecule has 0 spiro atoms. The number of rotatable bonds is 4. The molecular weight excluding hydrogens is 421 g/mol. The normalized spacial score (nSPS) is 15.2. The SMILES string of the molecule is COc1ccc(CN2C(=O)c3oc4cc(C)c(C)cc4c(=O)c3[C@@H]2c2ccccc2F)cc1. The Morgan fingerprint density at radius 2 is 1.70 bits per heavy atom. The number of carbonyl (C=O) groups is 1. The van der Waals surface area contributed by atoms with E-state index >= 15 is 0 Å². The lowest BCUT2D eigenvalue weighted by atomic mass is 9.97. The summed E-state index contributed by atoms with van der Waals surface area (Å²) in [5.41, 5.74) is 3.19. The van der Waals surface area contributed by atoms with Gasteiger partial charge in [-0.1, -0.05) is 30.3 Å². The summed E-state index contributed by atoms with van der Waals surface area (Å²) in [5, 5.41) is 0.386. The molecule has 0 radical (unpaired) electrons. The van der Waals surface area contributed by atoms with Gasteiger partial charge in [-0.2, -0.15) is 0 Å². The Labute approximate surface area is 190 Å². The van der Waals surface area contributed by atoms with E-state index in [2.05, 4.69) is 0 Å². The number of amides is 1. The molecule has 5 nitrogen and oxygen atoms in total. The summed E-state index contributed by atoms with van der Waals surface area (Å²) >= 11 is 0. The highest BCUT2D eigenvalue weighted by atomic mass is 19.1. The van der Waals surface area contributed by atoms with Crippen LogP contribution in [0.3, 0.4) is 0 Å². The zero-order chi connectivity index (χ0) is 23.3. The predicted molar refractivity (Wildman–Crippen MR) is 123 cm³/mol. The van der Waals surface area contributed by atoms with E-state index < -0.39 is 17.8 Å². The minimum atomic E-state index is -0.891. The van der Waals surface area contributed by atoms with Gasteiger partial charge in [-0.15, -0.1) is 0 Å². The van der Waals surface area contributed by atoms with Crippen LogP contribution < -0.4 is 10.2 Å². The van der Waals surface area contributed by atoms with E-state index in [1.165, 1.54) is 11.0 Å². The van der Waals surface area contributed by atoms with Gasteiger partial charge < -0.3 is 14.1 Å². The maximum absolute atomic E-state index is 14.9. The van der Waals surface area contributed by atoms with Crippen LogP contribution in [0.4, 0.5) is 4.39 Å². The van der Waals surface area contributed by atoms with E-state index in [0.29, 0.717) is 16.7 Å². The number of methoxy groups -OCH3 is 1. The van der Waals surface area contributed by atoms with Crippen LogP contribution in [0.15, 0.2) is 69.9 Å². The molecule has 1 aromatic heterocycles. The van der Waals surface area contributed by atoms with E-state index in [9.17, 15) is 14.0 Å². The van der Waals surface area contributed by atoms with Crippen LogP contribution in [0.2, 0.25) is 0 Å². The number of aryl methyl sites for hydroxylation is 2. The van der Waals surface area contributed by atoms with Gasteiger partial charge in [-0.05, 0) is 60.9 Å². The Balaban J connectivity index is 1.72. The summed E-state index contributed by atoms with van der Waals surface area (Å²) in [4.78, 5) is 28.6. The van der Waals surface area contributed by atoms with Crippen molar-refractivity contribution in [2.24, 2.45) is 0 Å². The van der Waals surface area contributed by atoms with Crippen molar-refractivity contribution in [3.8, 4) is 5.75 Å². The van der Waals surface area contributed by atoms with Crippen molar-refractivity contribution in [1.82, 2.24) is 4.90 Å². The highest BCUT2D eigenvalue weighted by molar-refractivity contribution is 5.99. The van der Waals surface area contributed by atoms with Gasteiger partial charge >= 0.3 is 0 Å². The first-order chi connectivity index (χ1) is 15.9. The Kier molecular flexibility index (Phi) is 5.01. The maximum Gasteiger partial charge on any atom is 0.291 e. The Morgan fingerprint density at radius 1 is 1.00 bits per heavy atom. The topological polar surface area (TPSA) is 59.8 Å². The lowest BCUT2D eigenvalue weighted by Gasteiger charge is -2.25. The molecule has 5 rings (SSSR count). The number of hydrogen-bond donors (Lipinski definition) is 0. The number of carbonyl (C=O) groups excluding carboxylic acids is 1. The largest absolute Gasteiger partial charge is 0.497 e. The summed E-state index contributed by atoms with van der Waals surface area (Å²) in [6.45, 7) is 4.01. The van der Waals surface area contributed by atoms with Crippen molar-refractivity contribution in [2.75, 3.05) is 7.11 Å². The van der Waals surface area contributed by atoms with Crippen LogP contribution in [0.25, 0.3) is 11.0 Å². The first-order valence-corrected chi connectivity index (χ1v) is 10.7. The van der Waals surface area contributed by atoms with Crippen LogP contribution in [0.1, 0.15) is 44.4 Å². The summed E-state index contributed by atoms with van der Waals surface area (Å²) in [6.07, 6.45) is 0. The Bertz CT molecular complexity index is 1460. The maximum atomic E-state index is 14.9. The second-order valence-corrected chi connectivity index (χ2v) is 8.31. The van der Waals surface area contributed by atoms with Gasteiger partial charge in [0.2, 0.25) is 5.76 Å². The molecule has 6 heteroatoms. The summed E-state index contributed by atoms with van der Waals surface area (Å²) in [6, 6.07) is 16.1. The summed E-state index contributed by atoms with van der Waals surface area (Å²) in [5.74, 6) is -0.263.